The topological polar surface area (TPSA) is 26.3 Å². The third-order valence-corrected chi connectivity index (χ3v) is 4.11. The predicted octanol–water partition coefficient (Wildman–Crippen LogP) is 3.82. The Morgan fingerprint density at radius 1 is 1.24 bits per heavy atom. The fourth-order valence-corrected chi connectivity index (χ4v) is 2.98. The van der Waals surface area contributed by atoms with E-state index in [0.29, 0.717) is 6.42 Å². The Morgan fingerprint density at radius 3 is 2.81 bits per heavy atom. The Balaban J connectivity index is 1.80. The molecule has 0 N–H and O–H groups in total. The maximum atomic E-state index is 13.7. The van der Waals surface area contributed by atoms with Gasteiger partial charge in [-0.15, -0.1) is 0 Å². The van der Waals surface area contributed by atoms with Gasteiger partial charge < -0.3 is 4.74 Å². The molecule has 2 aromatic carbocycles. The monoisotopic (exact) mass is 284 g/mol. The molecular weight excluding hydrogens is 267 g/mol. The molecule has 2 nitrogen and oxygen atoms in total. The Morgan fingerprint density at radius 2 is 2.05 bits per heavy atom. The third-order valence-electron chi connectivity index (χ3n) is 4.11. The first-order chi connectivity index (χ1) is 10.2. The number of carbonyl (C=O) groups is 1. The van der Waals surface area contributed by atoms with Gasteiger partial charge in [0.2, 0.25) is 0 Å². The number of fused-ring (bicyclic) bond motifs is 1. The molecule has 0 saturated carbocycles. The molecule has 0 bridgehead atoms. The van der Waals surface area contributed by atoms with Crippen molar-refractivity contribution in [1.82, 2.24) is 0 Å². The van der Waals surface area contributed by atoms with Crippen LogP contribution in [-0.4, -0.2) is 12.9 Å². The lowest BCUT2D eigenvalue weighted by molar-refractivity contribution is 0.0901. The molecule has 0 fully saturated rings. The van der Waals surface area contributed by atoms with Crippen LogP contribution in [0.4, 0.5) is 4.39 Å². The number of benzene rings is 2. The summed E-state index contributed by atoms with van der Waals surface area (Å²) >= 11 is 0. The summed E-state index contributed by atoms with van der Waals surface area (Å²) in [4.78, 5) is 12.5. The van der Waals surface area contributed by atoms with Crippen molar-refractivity contribution in [2.24, 2.45) is 5.92 Å². The number of rotatable bonds is 3. The van der Waals surface area contributed by atoms with Crippen LogP contribution in [0.25, 0.3) is 0 Å². The molecule has 0 spiro atoms. The largest absolute Gasteiger partial charge is 0.494 e. The minimum atomic E-state index is -0.376. The molecule has 0 aliphatic heterocycles. The summed E-state index contributed by atoms with van der Waals surface area (Å²) in [6.07, 6.45) is 2.31. The minimum absolute atomic E-state index is 0.0623. The number of hydrogen-bond donors (Lipinski definition) is 0. The summed E-state index contributed by atoms with van der Waals surface area (Å²) in [6, 6.07) is 12.7. The molecule has 1 atom stereocenters. The molecule has 0 amide bonds. The molecule has 108 valence electrons. The second-order valence-corrected chi connectivity index (χ2v) is 5.43. The maximum absolute atomic E-state index is 13.7. The van der Waals surface area contributed by atoms with Crippen molar-refractivity contribution < 1.29 is 13.9 Å². The quantitative estimate of drug-likeness (QED) is 0.856. The van der Waals surface area contributed by atoms with Gasteiger partial charge in [-0.05, 0) is 42.5 Å². The van der Waals surface area contributed by atoms with E-state index >= 15 is 0 Å². The van der Waals surface area contributed by atoms with Crippen LogP contribution in [0.5, 0.6) is 5.75 Å². The van der Waals surface area contributed by atoms with Gasteiger partial charge in [0.1, 0.15) is 0 Å². The number of Topliss-reactive ketones (excluding diaryl/α,β-unsaturated/α-hetero) is 1. The van der Waals surface area contributed by atoms with Crippen LogP contribution in [0, 0.1) is 11.7 Å². The SMILES string of the molecule is COc1ccc(CC2CCc3ccccc3C2=O)cc1F. The smallest absolute Gasteiger partial charge is 0.166 e. The van der Waals surface area contributed by atoms with Crippen molar-refractivity contribution in [1.29, 1.82) is 0 Å². The average molecular weight is 284 g/mol. The van der Waals surface area contributed by atoms with Gasteiger partial charge in [-0.25, -0.2) is 4.39 Å². The second-order valence-electron chi connectivity index (χ2n) is 5.43. The zero-order valence-electron chi connectivity index (χ0n) is 11.9. The number of aryl methyl sites for hydroxylation is 1. The molecule has 3 rings (SSSR count). The highest BCUT2D eigenvalue weighted by Crippen LogP contribution is 2.29. The summed E-state index contributed by atoms with van der Waals surface area (Å²) < 4.78 is 18.6. The molecule has 1 unspecified atom stereocenters. The van der Waals surface area contributed by atoms with Crippen molar-refractivity contribution in [2.75, 3.05) is 7.11 Å². The summed E-state index contributed by atoms with van der Waals surface area (Å²) in [6.45, 7) is 0. The fourth-order valence-electron chi connectivity index (χ4n) is 2.98. The summed E-state index contributed by atoms with van der Waals surface area (Å²) in [7, 11) is 1.44. The van der Waals surface area contributed by atoms with E-state index in [0.717, 1.165) is 29.5 Å². The number of ether oxygens (including phenoxy) is 1. The van der Waals surface area contributed by atoms with Crippen molar-refractivity contribution in [2.45, 2.75) is 19.3 Å². The van der Waals surface area contributed by atoms with Gasteiger partial charge in [-0.3, -0.25) is 4.79 Å². The van der Waals surface area contributed by atoms with E-state index < -0.39 is 0 Å². The van der Waals surface area contributed by atoms with Crippen LogP contribution in [0.1, 0.15) is 27.9 Å². The Hall–Kier alpha value is -2.16. The summed E-state index contributed by atoms with van der Waals surface area (Å²) in [5, 5.41) is 0. The van der Waals surface area contributed by atoms with E-state index in [1.54, 1.807) is 6.07 Å². The van der Waals surface area contributed by atoms with Gasteiger partial charge in [-0.1, -0.05) is 30.3 Å². The maximum Gasteiger partial charge on any atom is 0.166 e. The highest BCUT2D eigenvalue weighted by atomic mass is 19.1. The molecular formula is C18H17FO2. The Labute approximate surface area is 123 Å². The second kappa shape index (κ2) is 5.68. The lowest BCUT2D eigenvalue weighted by Crippen LogP contribution is -2.24. The Kier molecular flexibility index (Phi) is 3.74. The zero-order chi connectivity index (χ0) is 14.8. The highest BCUT2D eigenvalue weighted by Gasteiger charge is 2.27. The van der Waals surface area contributed by atoms with Crippen LogP contribution >= 0.6 is 0 Å². The number of halogens is 1. The van der Waals surface area contributed by atoms with E-state index in [4.69, 9.17) is 4.74 Å². The number of carbonyl (C=O) groups excluding carboxylic acids is 1. The van der Waals surface area contributed by atoms with Crippen LogP contribution in [0.3, 0.4) is 0 Å². The number of methoxy groups -OCH3 is 1. The first kappa shape index (κ1) is 13.8. The van der Waals surface area contributed by atoms with E-state index in [2.05, 4.69) is 0 Å². The number of hydrogen-bond acceptors (Lipinski definition) is 2. The average Bonchev–Trinajstić information content (AvgIpc) is 2.51. The van der Waals surface area contributed by atoms with Gasteiger partial charge in [0.15, 0.2) is 17.3 Å². The van der Waals surface area contributed by atoms with E-state index in [1.807, 2.05) is 30.3 Å². The summed E-state index contributed by atoms with van der Waals surface area (Å²) in [5.74, 6) is -0.0292. The lowest BCUT2D eigenvalue weighted by Gasteiger charge is -2.23. The minimum Gasteiger partial charge on any atom is -0.494 e. The first-order valence-electron chi connectivity index (χ1n) is 7.13. The first-order valence-corrected chi connectivity index (χ1v) is 7.13. The lowest BCUT2D eigenvalue weighted by atomic mass is 9.80. The van der Waals surface area contributed by atoms with Crippen molar-refractivity contribution >= 4 is 5.78 Å². The van der Waals surface area contributed by atoms with Crippen LogP contribution in [-0.2, 0) is 12.8 Å². The van der Waals surface area contributed by atoms with Gasteiger partial charge >= 0.3 is 0 Å². The van der Waals surface area contributed by atoms with Gasteiger partial charge in [0, 0.05) is 11.5 Å². The zero-order valence-corrected chi connectivity index (χ0v) is 11.9. The molecule has 2 aromatic rings. The number of ketones is 1. The molecule has 1 aliphatic rings. The molecule has 3 heteroatoms. The standard InChI is InChI=1S/C18H17FO2/c1-21-17-9-6-12(11-16(17)19)10-14-8-7-13-4-2-3-5-15(13)18(14)20/h2-6,9,11,14H,7-8,10H2,1H3. The van der Waals surface area contributed by atoms with Crippen LogP contribution in [0.15, 0.2) is 42.5 Å². The molecule has 0 aromatic heterocycles. The fraction of sp³-hybridized carbons (Fsp3) is 0.278. The van der Waals surface area contributed by atoms with Crippen molar-refractivity contribution in [3.63, 3.8) is 0 Å². The van der Waals surface area contributed by atoms with Crippen LogP contribution < -0.4 is 4.74 Å². The highest BCUT2D eigenvalue weighted by molar-refractivity contribution is 6.00. The predicted molar refractivity (Wildman–Crippen MR) is 79.2 cm³/mol. The molecule has 0 saturated heterocycles. The van der Waals surface area contributed by atoms with Gasteiger partial charge in [0.25, 0.3) is 0 Å². The van der Waals surface area contributed by atoms with Gasteiger partial charge in [0.05, 0.1) is 7.11 Å². The van der Waals surface area contributed by atoms with Crippen molar-refractivity contribution in [3.8, 4) is 5.75 Å². The van der Waals surface area contributed by atoms with Crippen LogP contribution in [0.2, 0.25) is 0 Å². The Bertz CT molecular complexity index is 679. The molecule has 1 aliphatic carbocycles. The molecule has 0 heterocycles. The van der Waals surface area contributed by atoms with E-state index in [9.17, 15) is 9.18 Å². The molecule has 21 heavy (non-hydrogen) atoms. The van der Waals surface area contributed by atoms with Crippen molar-refractivity contribution in [3.05, 3.63) is 65.0 Å². The summed E-state index contributed by atoms with van der Waals surface area (Å²) in [5.41, 5.74) is 2.79. The van der Waals surface area contributed by atoms with Gasteiger partial charge in [-0.2, -0.15) is 0 Å². The van der Waals surface area contributed by atoms with E-state index in [-0.39, 0.29) is 23.3 Å². The molecule has 0 radical (unpaired) electrons. The van der Waals surface area contributed by atoms with E-state index in [1.165, 1.54) is 13.2 Å². The third kappa shape index (κ3) is 2.68. The normalized spacial score (nSPS) is 17.4.